The van der Waals surface area contributed by atoms with Gasteiger partial charge in [-0.25, -0.2) is 4.79 Å². The lowest BCUT2D eigenvalue weighted by atomic mass is 10.0. The summed E-state index contributed by atoms with van der Waals surface area (Å²) in [4.78, 5) is 155. The first kappa shape index (κ1) is 64.5. The number of carboxylic acids is 1. The van der Waals surface area contributed by atoms with Crippen LogP contribution in [0.3, 0.4) is 0 Å². The van der Waals surface area contributed by atoms with Crippen molar-refractivity contribution in [2.75, 3.05) is 13.1 Å². The summed E-state index contributed by atoms with van der Waals surface area (Å²) in [5.74, 6) is -11.3. The number of nitrogens with two attached hydrogens (primary N) is 6. The number of carbonyl (C=O) groups excluding carboxylic acids is 10. The van der Waals surface area contributed by atoms with Gasteiger partial charge in [0.2, 0.25) is 59.1 Å². The van der Waals surface area contributed by atoms with E-state index in [1.807, 2.05) is 0 Å². The Hall–Kier alpha value is -8.57. The van der Waals surface area contributed by atoms with Gasteiger partial charge in [0.05, 0.1) is 12.5 Å². The van der Waals surface area contributed by atoms with Crippen molar-refractivity contribution in [1.29, 1.82) is 0 Å². The number of para-hydroxylation sites is 1. The molecule has 426 valence electrons. The smallest absolute Gasteiger partial charge is 0.326 e. The summed E-state index contributed by atoms with van der Waals surface area (Å²) < 4.78 is 0. The molecule has 0 aliphatic heterocycles. The number of nitrogens with one attached hydrogen (secondary N) is 10. The first-order valence-corrected chi connectivity index (χ1v) is 24.7. The number of carboxylic acid groups (broad SMARTS) is 1. The van der Waals surface area contributed by atoms with Gasteiger partial charge < -0.3 is 92.3 Å². The van der Waals surface area contributed by atoms with E-state index in [0.717, 1.165) is 10.9 Å². The lowest BCUT2D eigenvalue weighted by Gasteiger charge is -2.28. The predicted octanol–water partition coefficient (Wildman–Crippen LogP) is -5.78. The molecule has 0 bridgehead atoms. The molecule has 0 saturated heterocycles. The Morgan fingerprint density at radius 3 is 1.38 bits per heavy atom. The van der Waals surface area contributed by atoms with Gasteiger partial charge in [0.1, 0.15) is 54.4 Å². The summed E-state index contributed by atoms with van der Waals surface area (Å²) in [7, 11) is 0. The number of rotatable bonds is 32. The lowest BCUT2D eigenvalue weighted by Crippen LogP contribution is -2.60. The molecule has 1 aromatic carbocycles. The van der Waals surface area contributed by atoms with Gasteiger partial charge in [-0.1, -0.05) is 32.0 Å². The second kappa shape index (κ2) is 31.3. The van der Waals surface area contributed by atoms with Crippen LogP contribution in [-0.2, 0) is 59.2 Å². The molecule has 1 heterocycles. The van der Waals surface area contributed by atoms with E-state index in [1.165, 1.54) is 34.6 Å². The second-order valence-corrected chi connectivity index (χ2v) is 18.7. The predicted molar refractivity (Wildman–Crippen MR) is 282 cm³/mol. The fourth-order valence-electron chi connectivity index (χ4n) is 7.19. The summed E-state index contributed by atoms with van der Waals surface area (Å²) in [6, 6.07) is -6.09. The largest absolute Gasteiger partial charge is 0.480 e. The molecular formula is C47H76N18O12. The van der Waals surface area contributed by atoms with Crippen LogP contribution in [0.5, 0.6) is 0 Å². The van der Waals surface area contributed by atoms with Crippen molar-refractivity contribution in [2.24, 2.45) is 50.3 Å². The van der Waals surface area contributed by atoms with Crippen LogP contribution >= 0.6 is 0 Å². The molecule has 30 nitrogen and oxygen atoms in total. The van der Waals surface area contributed by atoms with Gasteiger partial charge in [0, 0.05) is 36.6 Å². The van der Waals surface area contributed by atoms with Crippen LogP contribution in [-0.4, -0.2) is 161 Å². The van der Waals surface area contributed by atoms with E-state index in [0.29, 0.717) is 5.56 Å². The van der Waals surface area contributed by atoms with Crippen LogP contribution in [0.1, 0.15) is 86.1 Å². The second-order valence-electron chi connectivity index (χ2n) is 18.7. The van der Waals surface area contributed by atoms with Crippen LogP contribution in [0.2, 0.25) is 0 Å². The van der Waals surface area contributed by atoms with Gasteiger partial charge in [0.15, 0.2) is 11.9 Å². The Morgan fingerprint density at radius 1 is 0.519 bits per heavy atom. The SMILES string of the molecule is CC(C)[C@H](NC(=O)[C@H](C)NC(=O)[C@H](C)NC(=O)[C@H](C)NC(=O)[C@H](C)N)C(=O)N[C@@H](CCCN=C(N)N)C(=O)N[C@@H](CC(N)=O)C(=O)N[C@@H](C)C(=O)N[C@@H](CCCN=C(N)N)C(=O)N[C@@H](Cc1c[nH]c2ccccc12)C(=O)O. The van der Waals surface area contributed by atoms with Gasteiger partial charge in [-0.3, -0.25) is 57.9 Å². The Kier molecular flexibility index (Phi) is 26.3. The highest BCUT2D eigenvalue weighted by molar-refractivity contribution is 5.99. The van der Waals surface area contributed by atoms with Gasteiger partial charge in [-0.15, -0.1) is 0 Å². The number of amides is 10. The Labute approximate surface area is 444 Å². The molecule has 1 aromatic heterocycles. The van der Waals surface area contributed by atoms with E-state index >= 15 is 0 Å². The zero-order chi connectivity index (χ0) is 58.3. The number of hydrogen-bond donors (Lipinski definition) is 17. The Bertz CT molecular complexity index is 2490. The normalized spacial score (nSPS) is 14.9. The van der Waals surface area contributed by atoms with Crippen molar-refractivity contribution >= 4 is 87.9 Å². The molecule has 10 atom stereocenters. The summed E-state index contributed by atoms with van der Waals surface area (Å²) >= 11 is 0. The number of hydrogen-bond acceptors (Lipinski definition) is 14. The van der Waals surface area contributed by atoms with Gasteiger partial charge >= 0.3 is 5.97 Å². The molecule has 2 aromatic rings. The van der Waals surface area contributed by atoms with Crippen LogP contribution in [0.25, 0.3) is 10.9 Å². The number of H-pyrrole nitrogens is 1. The first-order valence-electron chi connectivity index (χ1n) is 24.7. The molecule has 77 heavy (non-hydrogen) atoms. The van der Waals surface area contributed by atoms with Crippen LogP contribution in [0.4, 0.5) is 0 Å². The quantitative estimate of drug-likeness (QED) is 0.0184. The van der Waals surface area contributed by atoms with Crippen molar-refractivity contribution in [3.05, 3.63) is 36.0 Å². The number of nitrogens with zero attached hydrogens (tertiary/aromatic N) is 2. The average molecular weight is 1090 g/mol. The molecular weight excluding hydrogens is 1010 g/mol. The molecule has 10 amide bonds. The maximum Gasteiger partial charge on any atom is 0.326 e. The minimum atomic E-state index is -1.75. The van der Waals surface area contributed by atoms with Crippen molar-refractivity contribution in [3.63, 3.8) is 0 Å². The number of aliphatic carboxylic acids is 1. The van der Waals surface area contributed by atoms with Crippen molar-refractivity contribution in [2.45, 2.75) is 147 Å². The van der Waals surface area contributed by atoms with E-state index in [1.54, 1.807) is 44.3 Å². The first-order chi connectivity index (χ1) is 36.0. The molecule has 30 heteroatoms. The summed E-state index contributed by atoms with van der Waals surface area (Å²) in [5.41, 5.74) is 34.1. The summed E-state index contributed by atoms with van der Waals surface area (Å²) in [6.07, 6.45) is 0.640. The van der Waals surface area contributed by atoms with E-state index in [4.69, 9.17) is 34.4 Å². The topological polar surface area (TPSA) is 513 Å². The third kappa shape index (κ3) is 22.4. The maximum atomic E-state index is 14.0. The van der Waals surface area contributed by atoms with Crippen LogP contribution in [0.15, 0.2) is 40.4 Å². The fourth-order valence-corrected chi connectivity index (χ4v) is 7.19. The standard InChI is InChI=1S/C47H76N18O12/c1-21(2)35(65-40(71)26(7)59-38(69)24(5)58-37(68)23(4)57-36(67)22(3)48)44(75)62-31(15-11-17-55-47(52)53)41(72)63-32(19-34(49)66)43(74)60-25(6)39(70)61-30(14-10-16-54-46(50)51)42(73)64-33(45(76)77)18-27-20-56-29-13-9-8-12-28(27)29/h8-9,12-13,20-26,30-33,35,56H,10-11,14-19,48H2,1-7H3,(H2,49,66)(H,57,67)(H,58,68)(H,59,69)(H,60,74)(H,61,70)(H,62,75)(H,63,72)(H,64,73)(H,65,71)(H,76,77)(H4,50,51,54)(H4,52,53,55)/t22-,23-,24-,25-,26-,30-,31-,32-,33-,35-/m0/s1. The minimum absolute atomic E-state index is 0.0188. The number of aromatic amines is 1. The third-order valence-electron chi connectivity index (χ3n) is 11.6. The van der Waals surface area contributed by atoms with Gasteiger partial charge in [0.25, 0.3) is 0 Å². The number of guanidine groups is 2. The molecule has 2 rings (SSSR count). The summed E-state index contributed by atoms with van der Waals surface area (Å²) in [5, 5.41) is 32.9. The van der Waals surface area contributed by atoms with E-state index in [2.05, 4.69) is 62.8 Å². The lowest BCUT2D eigenvalue weighted by molar-refractivity contribution is -0.142. The van der Waals surface area contributed by atoms with Crippen molar-refractivity contribution in [3.8, 4) is 0 Å². The molecule has 0 spiro atoms. The highest BCUT2D eigenvalue weighted by Gasteiger charge is 2.35. The zero-order valence-electron chi connectivity index (χ0n) is 44.2. The number of aromatic nitrogens is 1. The number of carbonyl (C=O) groups is 11. The minimum Gasteiger partial charge on any atom is -0.480 e. The number of benzene rings is 1. The van der Waals surface area contributed by atoms with E-state index in [9.17, 15) is 57.8 Å². The molecule has 0 radical (unpaired) electrons. The van der Waals surface area contributed by atoms with E-state index in [-0.39, 0.29) is 57.1 Å². The highest BCUT2D eigenvalue weighted by atomic mass is 16.4. The average Bonchev–Trinajstić information content (AvgIpc) is 3.75. The maximum absolute atomic E-state index is 14.0. The molecule has 0 unspecified atom stereocenters. The van der Waals surface area contributed by atoms with Crippen LogP contribution in [0, 0.1) is 5.92 Å². The van der Waals surface area contributed by atoms with E-state index < -0.39 is 138 Å². The molecule has 0 aliphatic carbocycles. The highest BCUT2D eigenvalue weighted by Crippen LogP contribution is 2.19. The molecule has 0 aliphatic rings. The van der Waals surface area contributed by atoms with Gasteiger partial charge in [-0.2, -0.15) is 0 Å². The van der Waals surface area contributed by atoms with Crippen molar-refractivity contribution < 1.29 is 57.8 Å². The number of fused-ring (bicyclic) bond motifs is 1. The Balaban J connectivity index is 2.26. The fraction of sp³-hybridized carbons (Fsp3) is 0.553. The van der Waals surface area contributed by atoms with Gasteiger partial charge in [-0.05, 0) is 77.8 Å². The monoisotopic (exact) mass is 1080 g/mol. The molecule has 0 fully saturated rings. The van der Waals surface area contributed by atoms with Crippen molar-refractivity contribution in [1.82, 2.24) is 52.8 Å². The number of primary amides is 1. The van der Waals surface area contributed by atoms with Crippen LogP contribution < -0.4 is 82.3 Å². The number of aliphatic imine (C=N–C) groups is 2. The third-order valence-corrected chi connectivity index (χ3v) is 11.6. The zero-order valence-corrected chi connectivity index (χ0v) is 44.2. The Morgan fingerprint density at radius 2 is 0.922 bits per heavy atom. The summed E-state index contributed by atoms with van der Waals surface area (Å²) in [6.45, 7) is 9.86. The molecule has 23 N–H and O–H groups in total. The molecule has 0 saturated carbocycles.